The molecule has 4 heteroatoms. The van der Waals surface area contributed by atoms with E-state index in [-0.39, 0.29) is 0 Å². The second-order valence-corrected chi connectivity index (χ2v) is 9.92. The van der Waals surface area contributed by atoms with E-state index in [9.17, 15) is 0 Å². The average molecular weight is 425 g/mol. The van der Waals surface area contributed by atoms with E-state index >= 15 is 0 Å². The maximum Gasteiger partial charge on any atom is 0.0938 e. The first-order valence-electron chi connectivity index (χ1n) is 10.4. The smallest absolute Gasteiger partial charge is 0.0938 e. The van der Waals surface area contributed by atoms with Gasteiger partial charge >= 0.3 is 0 Å². The molecule has 4 aromatic carbocycles. The maximum atomic E-state index is 4.96. The highest BCUT2D eigenvalue weighted by molar-refractivity contribution is 7.19. The quantitative estimate of drug-likeness (QED) is 0.264. The van der Waals surface area contributed by atoms with E-state index in [1.807, 2.05) is 22.7 Å². The molecule has 0 unspecified atom stereocenters. The third-order valence-corrected chi connectivity index (χ3v) is 7.85. The normalized spacial score (nSPS) is 11.9. The van der Waals surface area contributed by atoms with Crippen molar-refractivity contribution < 1.29 is 0 Å². The van der Waals surface area contributed by atoms with Gasteiger partial charge in [-0.3, -0.25) is 0 Å². The van der Waals surface area contributed by atoms with Gasteiger partial charge in [0.15, 0.2) is 0 Å². The van der Waals surface area contributed by atoms with Crippen molar-refractivity contribution in [2.24, 2.45) is 0 Å². The molecule has 146 valence electrons. The summed E-state index contributed by atoms with van der Waals surface area (Å²) in [6.45, 7) is 0. The molecule has 6 rings (SSSR count). The van der Waals surface area contributed by atoms with Crippen molar-refractivity contribution in [3.05, 3.63) is 82.8 Å². The molecule has 0 saturated heterocycles. The summed E-state index contributed by atoms with van der Waals surface area (Å²) in [7, 11) is 0. The summed E-state index contributed by atoms with van der Waals surface area (Å²) in [5, 5.41) is 7.56. The van der Waals surface area contributed by atoms with E-state index < -0.39 is 0 Å². The summed E-state index contributed by atoms with van der Waals surface area (Å²) >= 11 is 3.68. The van der Waals surface area contributed by atoms with E-state index in [4.69, 9.17) is 9.97 Å². The molecule has 30 heavy (non-hydrogen) atoms. The molecule has 0 saturated carbocycles. The van der Waals surface area contributed by atoms with E-state index in [0.717, 1.165) is 36.7 Å². The van der Waals surface area contributed by atoms with Gasteiger partial charge in [0.2, 0.25) is 0 Å². The topological polar surface area (TPSA) is 25.8 Å². The van der Waals surface area contributed by atoms with E-state index in [1.54, 1.807) is 0 Å². The number of rotatable bonds is 5. The van der Waals surface area contributed by atoms with Gasteiger partial charge in [-0.05, 0) is 48.6 Å². The third kappa shape index (κ3) is 3.17. The fraction of sp³-hybridized carbons (Fsp3) is 0.154. The first-order chi connectivity index (χ1) is 14.8. The Morgan fingerprint density at radius 3 is 1.50 bits per heavy atom. The molecule has 0 aliphatic rings. The summed E-state index contributed by atoms with van der Waals surface area (Å²) in [5.74, 6) is 0. The lowest BCUT2D eigenvalue weighted by Crippen LogP contribution is -1.88. The van der Waals surface area contributed by atoms with Crippen LogP contribution in [0.1, 0.15) is 22.9 Å². The van der Waals surface area contributed by atoms with Crippen LogP contribution in [0, 0.1) is 0 Å². The van der Waals surface area contributed by atoms with Crippen LogP contribution in [0.5, 0.6) is 0 Å². The molecule has 0 aliphatic heterocycles. The van der Waals surface area contributed by atoms with Gasteiger partial charge < -0.3 is 0 Å². The Balaban J connectivity index is 1.17. The van der Waals surface area contributed by atoms with Crippen molar-refractivity contribution in [1.29, 1.82) is 0 Å². The van der Waals surface area contributed by atoms with E-state index in [0.29, 0.717) is 0 Å². The minimum atomic E-state index is 1.04. The van der Waals surface area contributed by atoms with Crippen molar-refractivity contribution in [1.82, 2.24) is 9.97 Å². The zero-order valence-corrected chi connectivity index (χ0v) is 18.1. The van der Waals surface area contributed by atoms with Crippen LogP contribution in [0.15, 0.2) is 72.8 Å². The number of aryl methyl sites for hydroxylation is 2. The number of nitrogens with zero attached hydrogens (tertiary/aromatic N) is 2. The van der Waals surface area contributed by atoms with Crippen LogP contribution in [0.3, 0.4) is 0 Å². The Bertz CT molecular complexity index is 1390. The fourth-order valence-corrected chi connectivity index (χ4v) is 6.23. The average Bonchev–Trinajstić information content (AvgIpc) is 3.40. The van der Waals surface area contributed by atoms with Crippen molar-refractivity contribution in [3.63, 3.8) is 0 Å². The lowest BCUT2D eigenvalue weighted by atomic mass is 10.1. The van der Waals surface area contributed by atoms with Gasteiger partial charge in [0.1, 0.15) is 0 Å². The second-order valence-electron chi connectivity index (χ2n) is 7.69. The lowest BCUT2D eigenvalue weighted by molar-refractivity contribution is 0.730. The summed E-state index contributed by atoms with van der Waals surface area (Å²) in [6, 6.07) is 25.9. The lowest BCUT2D eigenvalue weighted by Gasteiger charge is -1.97. The minimum Gasteiger partial charge on any atom is -0.241 e. The molecule has 0 bridgehead atoms. The Kier molecular flexibility index (Phi) is 4.47. The number of hydrogen-bond acceptors (Lipinski definition) is 4. The molecule has 0 atom stereocenters. The maximum absolute atomic E-state index is 4.96. The first-order valence-corrected chi connectivity index (χ1v) is 12.0. The number of aromatic nitrogens is 2. The van der Waals surface area contributed by atoms with Crippen LogP contribution in [0.2, 0.25) is 0 Å². The monoisotopic (exact) mass is 424 g/mol. The molecular formula is C26H20N2S2. The number of thiazole rings is 2. The Hall–Kier alpha value is -2.82. The standard InChI is InChI=1S/C26H20N2S2/c1-3-9-19-17(7-1)13-15-21-25(19)27-23(29-21)11-5-6-12-24-28-26-20-10-4-2-8-18(20)14-16-22(26)30-24/h1-4,7-10,13-16H,5-6,11-12H2. The molecule has 0 spiro atoms. The van der Waals surface area contributed by atoms with Crippen LogP contribution in [0.25, 0.3) is 42.0 Å². The largest absolute Gasteiger partial charge is 0.241 e. The van der Waals surface area contributed by atoms with Crippen LogP contribution >= 0.6 is 22.7 Å². The first kappa shape index (κ1) is 18.0. The molecule has 0 aliphatic carbocycles. The van der Waals surface area contributed by atoms with Crippen molar-refractivity contribution >= 4 is 64.7 Å². The summed E-state index contributed by atoms with van der Waals surface area (Å²) in [5.41, 5.74) is 2.32. The summed E-state index contributed by atoms with van der Waals surface area (Å²) in [4.78, 5) is 9.92. The zero-order chi connectivity index (χ0) is 19.9. The highest BCUT2D eigenvalue weighted by Crippen LogP contribution is 2.31. The number of unbranched alkanes of at least 4 members (excludes halogenated alkanes) is 1. The number of fused-ring (bicyclic) bond motifs is 6. The minimum absolute atomic E-state index is 1.04. The molecule has 2 aromatic heterocycles. The SMILES string of the molecule is c1ccc2c(c1)ccc1sc(CCCCc3nc4c(ccc5ccccc54)s3)nc12. The highest BCUT2D eigenvalue weighted by atomic mass is 32.1. The van der Waals surface area contributed by atoms with Crippen molar-refractivity contribution in [3.8, 4) is 0 Å². The summed E-state index contributed by atoms with van der Waals surface area (Å²) in [6.07, 6.45) is 4.38. The van der Waals surface area contributed by atoms with Crippen LogP contribution in [-0.4, -0.2) is 9.97 Å². The molecule has 2 nitrogen and oxygen atoms in total. The second kappa shape index (κ2) is 7.46. The van der Waals surface area contributed by atoms with Gasteiger partial charge in [0.05, 0.1) is 30.4 Å². The molecule has 0 N–H and O–H groups in total. The molecule has 6 aromatic rings. The zero-order valence-electron chi connectivity index (χ0n) is 16.5. The third-order valence-electron chi connectivity index (χ3n) is 5.69. The highest BCUT2D eigenvalue weighted by Gasteiger charge is 2.09. The van der Waals surface area contributed by atoms with Gasteiger partial charge in [-0.15, -0.1) is 22.7 Å². The van der Waals surface area contributed by atoms with Crippen LogP contribution < -0.4 is 0 Å². The van der Waals surface area contributed by atoms with E-state index in [1.165, 1.54) is 41.0 Å². The molecule has 0 fully saturated rings. The Labute approximate surface area is 182 Å². The molecule has 0 radical (unpaired) electrons. The fourth-order valence-electron chi connectivity index (χ4n) is 4.18. The van der Waals surface area contributed by atoms with E-state index in [2.05, 4.69) is 72.8 Å². The molecular weight excluding hydrogens is 404 g/mol. The van der Waals surface area contributed by atoms with Gasteiger partial charge in [-0.1, -0.05) is 60.7 Å². The van der Waals surface area contributed by atoms with Crippen LogP contribution in [0.4, 0.5) is 0 Å². The summed E-state index contributed by atoms with van der Waals surface area (Å²) < 4.78 is 2.59. The predicted octanol–water partition coefficient (Wildman–Crippen LogP) is 7.78. The van der Waals surface area contributed by atoms with Gasteiger partial charge in [0, 0.05) is 10.8 Å². The van der Waals surface area contributed by atoms with Gasteiger partial charge in [-0.2, -0.15) is 0 Å². The molecule has 2 heterocycles. The van der Waals surface area contributed by atoms with Crippen molar-refractivity contribution in [2.75, 3.05) is 0 Å². The van der Waals surface area contributed by atoms with Crippen LogP contribution in [-0.2, 0) is 12.8 Å². The number of benzene rings is 4. The van der Waals surface area contributed by atoms with Gasteiger partial charge in [0.25, 0.3) is 0 Å². The van der Waals surface area contributed by atoms with Crippen molar-refractivity contribution in [2.45, 2.75) is 25.7 Å². The number of hydrogen-bond donors (Lipinski definition) is 0. The van der Waals surface area contributed by atoms with Gasteiger partial charge in [-0.25, -0.2) is 9.97 Å². The predicted molar refractivity (Wildman–Crippen MR) is 131 cm³/mol. The molecule has 0 amide bonds. The Morgan fingerprint density at radius 1 is 0.533 bits per heavy atom. The Morgan fingerprint density at radius 2 is 1.00 bits per heavy atom.